The predicted octanol–water partition coefficient (Wildman–Crippen LogP) is 4.10. The van der Waals surface area contributed by atoms with Gasteiger partial charge in [0.25, 0.3) is 0 Å². The fourth-order valence-electron chi connectivity index (χ4n) is 7.27. The largest absolute Gasteiger partial charge is 0.504 e. The normalized spacial score (nSPS) is 33.0. The number of ether oxygens (including phenoxy) is 1. The van der Waals surface area contributed by atoms with E-state index in [9.17, 15) is 24.6 Å². The molecule has 8 unspecified atom stereocenters. The molecule has 2 saturated carbocycles. The highest BCUT2D eigenvalue weighted by molar-refractivity contribution is 8.00. The summed E-state index contributed by atoms with van der Waals surface area (Å²) in [4.78, 5) is 44.8. The van der Waals surface area contributed by atoms with E-state index in [1.807, 2.05) is 12.1 Å². The predicted molar refractivity (Wildman–Crippen MR) is 136 cm³/mol. The minimum Gasteiger partial charge on any atom is -0.504 e. The SMILES string of the molecule is COc1cc(C2c3sc(=S)[nH]c3SC3C4CC(C5C(=O)N(C(C(=O)O)C(C)C)C(=O)C45)C23)ccc1O. The molecule has 36 heavy (non-hydrogen) atoms. The summed E-state index contributed by atoms with van der Waals surface area (Å²) in [7, 11) is 1.51. The monoisotopic (exact) mass is 546 g/mol. The third kappa shape index (κ3) is 3.18. The number of hydrogen-bond donors (Lipinski definition) is 3. The van der Waals surface area contributed by atoms with E-state index in [2.05, 4.69) is 4.98 Å². The number of nitrogens with one attached hydrogen (secondary N) is 1. The Morgan fingerprint density at radius 3 is 2.56 bits per heavy atom. The fourth-order valence-corrected chi connectivity index (χ4v) is 10.6. The molecular weight excluding hydrogens is 520 g/mol. The number of imide groups is 1. The van der Waals surface area contributed by atoms with E-state index in [1.54, 1.807) is 31.7 Å². The maximum atomic E-state index is 13.7. The second-order valence-electron chi connectivity index (χ2n) is 10.5. The van der Waals surface area contributed by atoms with Gasteiger partial charge in [0.2, 0.25) is 11.8 Å². The van der Waals surface area contributed by atoms with Crippen LogP contribution in [0.25, 0.3) is 0 Å². The summed E-state index contributed by atoms with van der Waals surface area (Å²) in [6.45, 7) is 3.46. The van der Waals surface area contributed by atoms with Crippen molar-refractivity contribution < 1.29 is 29.3 Å². The number of phenolic OH excluding ortho intramolecular Hbond substituents is 1. The number of aromatic hydroxyl groups is 1. The lowest BCUT2D eigenvalue weighted by atomic mass is 9.68. The van der Waals surface area contributed by atoms with Crippen LogP contribution in [0.5, 0.6) is 11.5 Å². The highest BCUT2D eigenvalue weighted by Crippen LogP contribution is 2.69. The number of benzene rings is 1. The number of fused-ring (bicyclic) bond motifs is 9. The Hall–Kier alpha value is -2.37. The number of aromatic amines is 1. The number of hydrogen-bond acceptors (Lipinski definition) is 8. The Balaban J connectivity index is 1.45. The lowest BCUT2D eigenvalue weighted by Crippen LogP contribution is -2.49. The summed E-state index contributed by atoms with van der Waals surface area (Å²) in [5.41, 5.74) is 0.967. The Kier molecular flexibility index (Phi) is 5.55. The summed E-state index contributed by atoms with van der Waals surface area (Å²) in [5.74, 6) is -2.81. The molecule has 2 aliphatic carbocycles. The minimum absolute atomic E-state index is 0.0189. The fraction of sp³-hybridized carbons (Fsp3) is 0.520. The lowest BCUT2D eigenvalue weighted by molar-refractivity contribution is -0.157. The average Bonchev–Trinajstić information content (AvgIpc) is 3.54. The van der Waals surface area contributed by atoms with Crippen molar-refractivity contribution in [1.82, 2.24) is 9.88 Å². The van der Waals surface area contributed by atoms with E-state index in [0.717, 1.165) is 26.8 Å². The number of methoxy groups -OCH3 is 1. The van der Waals surface area contributed by atoms with Crippen molar-refractivity contribution in [2.24, 2.45) is 35.5 Å². The first-order valence-corrected chi connectivity index (χ1v) is 14.1. The smallest absolute Gasteiger partial charge is 0.327 e. The standard InChI is InChI=1S/C25H26N2O6S3/c1-8(2)18(24(31)32)27-22(29)16-10-7-11(17(16)23(27)30)19-15(10)14(20-21(35-19)26-25(34)36-20)9-4-5-12(28)13(6-9)33-3/h4-6,8,10-11,14-19,28H,7H2,1-3H3,(H,26,34)(H,31,32). The summed E-state index contributed by atoms with van der Waals surface area (Å²) in [6.07, 6.45) is 0.768. The Morgan fingerprint density at radius 2 is 1.92 bits per heavy atom. The zero-order valence-electron chi connectivity index (χ0n) is 19.8. The van der Waals surface area contributed by atoms with Crippen LogP contribution in [0.1, 0.15) is 36.6 Å². The molecule has 3 heterocycles. The number of likely N-dealkylation sites (tertiary alicyclic amines) is 1. The number of H-pyrrole nitrogens is 1. The van der Waals surface area contributed by atoms with Gasteiger partial charge in [-0.15, -0.1) is 23.1 Å². The maximum Gasteiger partial charge on any atom is 0.327 e. The quantitative estimate of drug-likeness (QED) is 0.379. The van der Waals surface area contributed by atoms with Gasteiger partial charge in [0, 0.05) is 16.0 Å². The van der Waals surface area contributed by atoms with Crippen LogP contribution in [0.4, 0.5) is 0 Å². The summed E-state index contributed by atoms with van der Waals surface area (Å²) in [6, 6.07) is 4.20. The van der Waals surface area contributed by atoms with Crippen molar-refractivity contribution in [3.05, 3.63) is 32.6 Å². The van der Waals surface area contributed by atoms with Gasteiger partial charge in [-0.3, -0.25) is 14.5 Å². The number of carbonyl (C=O) groups excluding carboxylic acids is 2. The van der Waals surface area contributed by atoms with E-state index in [4.69, 9.17) is 17.0 Å². The second kappa shape index (κ2) is 8.32. The highest BCUT2D eigenvalue weighted by atomic mass is 32.2. The average molecular weight is 547 g/mol. The van der Waals surface area contributed by atoms with Crippen LogP contribution in [0.3, 0.4) is 0 Å². The van der Waals surface area contributed by atoms with E-state index >= 15 is 0 Å². The summed E-state index contributed by atoms with van der Waals surface area (Å²) < 4.78 is 6.06. The lowest BCUT2D eigenvalue weighted by Gasteiger charge is -2.43. The van der Waals surface area contributed by atoms with Crippen LogP contribution >= 0.6 is 35.3 Å². The number of amides is 2. The second-order valence-corrected chi connectivity index (χ2v) is 13.4. The molecule has 1 saturated heterocycles. The topological polar surface area (TPSA) is 120 Å². The number of carbonyl (C=O) groups is 3. The number of thiazole rings is 1. The molecule has 1 aromatic heterocycles. The van der Waals surface area contributed by atoms with Gasteiger partial charge >= 0.3 is 5.97 Å². The number of rotatable bonds is 5. The molecule has 2 bridgehead atoms. The molecule has 11 heteroatoms. The Bertz CT molecular complexity index is 1350. The van der Waals surface area contributed by atoms with E-state index in [1.165, 1.54) is 18.4 Å². The third-order valence-corrected chi connectivity index (χ3v) is 11.4. The van der Waals surface area contributed by atoms with Crippen LogP contribution in [0, 0.1) is 39.5 Å². The molecule has 3 N–H and O–H groups in total. The minimum atomic E-state index is -1.15. The molecule has 4 aliphatic rings. The molecule has 3 fully saturated rings. The Morgan fingerprint density at radius 1 is 1.22 bits per heavy atom. The van der Waals surface area contributed by atoms with Crippen LogP contribution in [-0.2, 0) is 14.4 Å². The van der Waals surface area contributed by atoms with Crippen LogP contribution in [-0.4, -0.2) is 56.3 Å². The molecule has 190 valence electrons. The number of phenols is 1. The van der Waals surface area contributed by atoms with Crippen molar-refractivity contribution in [1.29, 1.82) is 0 Å². The zero-order valence-corrected chi connectivity index (χ0v) is 22.3. The van der Waals surface area contributed by atoms with Crippen molar-refractivity contribution in [2.45, 2.75) is 42.5 Å². The number of aromatic nitrogens is 1. The van der Waals surface area contributed by atoms with Crippen LogP contribution < -0.4 is 4.74 Å². The first-order chi connectivity index (χ1) is 17.1. The molecule has 8 atom stereocenters. The molecule has 1 aromatic carbocycles. The van der Waals surface area contributed by atoms with E-state index in [-0.39, 0.29) is 52.4 Å². The van der Waals surface area contributed by atoms with Crippen LogP contribution in [0.2, 0.25) is 0 Å². The summed E-state index contributed by atoms with van der Waals surface area (Å²) >= 11 is 8.71. The van der Waals surface area contributed by atoms with Gasteiger partial charge in [-0.05, 0) is 60.0 Å². The van der Waals surface area contributed by atoms with E-state index in [0.29, 0.717) is 9.70 Å². The van der Waals surface area contributed by atoms with Gasteiger partial charge in [-0.1, -0.05) is 19.9 Å². The van der Waals surface area contributed by atoms with Crippen molar-refractivity contribution in [2.75, 3.05) is 7.11 Å². The summed E-state index contributed by atoms with van der Waals surface area (Å²) in [5, 5.41) is 21.1. The first-order valence-electron chi connectivity index (χ1n) is 12.0. The third-order valence-electron chi connectivity index (χ3n) is 8.48. The number of nitrogens with zero attached hydrogens (tertiary/aromatic N) is 1. The van der Waals surface area contributed by atoms with Gasteiger partial charge in [-0.25, -0.2) is 4.79 Å². The first kappa shape index (κ1) is 24.0. The number of carboxylic acid groups (broad SMARTS) is 1. The molecule has 2 aliphatic heterocycles. The van der Waals surface area contributed by atoms with Crippen LogP contribution in [0.15, 0.2) is 23.2 Å². The van der Waals surface area contributed by atoms with Gasteiger partial charge in [-0.2, -0.15) is 0 Å². The van der Waals surface area contributed by atoms with Crippen molar-refractivity contribution in [3.63, 3.8) is 0 Å². The van der Waals surface area contributed by atoms with E-state index < -0.39 is 23.8 Å². The van der Waals surface area contributed by atoms with Crippen molar-refractivity contribution in [3.8, 4) is 11.5 Å². The molecule has 6 rings (SSSR count). The van der Waals surface area contributed by atoms with Gasteiger partial charge in [0.15, 0.2) is 15.5 Å². The Labute approximate surface area is 221 Å². The number of aliphatic carboxylic acids is 1. The van der Waals surface area contributed by atoms with Gasteiger partial charge in [0.1, 0.15) is 6.04 Å². The molecular formula is C25H26N2O6S3. The van der Waals surface area contributed by atoms with Crippen molar-refractivity contribution >= 4 is 53.1 Å². The maximum absolute atomic E-state index is 13.7. The molecule has 0 spiro atoms. The molecule has 2 aromatic rings. The van der Waals surface area contributed by atoms with Gasteiger partial charge in [0.05, 0.1) is 24.0 Å². The number of thioether (sulfide) groups is 1. The molecule has 2 amide bonds. The molecule has 8 nitrogen and oxygen atoms in total. The highest BCUT2D eigenvalue weighted by Gasteiger charge is 2.70. The van der Waals surface area contributed by atoms with Gasteiger partial charge < -0.3 is 19.9 Å². The molecule has 0 radical (unpaired) electrons. The zero-order chi connectivity index (χ0) is 25.6. The number of carboxylic acids is 1.